The summed E-state index contributed by atoms with van der Waals surface area (Å²) >= 11 is 5.84. The number of benzene rings is 1. The van der Waals surface area contributed by atoms with Crippen molar-refractivity contribution in [3.63, 3.8) is 0 Å². The summed E-state index contributed by atoms with van der Waals surface area (Å²) in [6.45, 7) is 1.94. The molecular weight excluding hydrogens is 315 g/mol. The topological polar surface area (TPSA) is 62.5 Å². The highest BCUT2D eigenvalue weighted by atomic mass is 35.5. The molecule has 6 heteroatoms. The Labute approximate surface area is 137 Å². The van der Waals surface area contributed by atoms with Crippen LogP contribution in [-0.2, 0) is 0 Å². The molecule has 0 saturated carbocycles. The summed E-state index contributed by atoms with van der Waals surface area (Å²) in [5.41, 5.74) is 3.01. The fourth-order valence-corrected chi connectivity index (χ4v) is 2.32. The van der Waals surface area contributed by atoms with Crippen LogP contribution in [-0.4, -0.2) is 15.0 Å². The molecule has 0 aliphatic heterocycles. The standard InChI is InChI=1S/C17H10ClFN4/c1-10-2-3-14(21-8-10)16-6-15(22-9-23-16)12-4-11(7-20)5-13(18)17(12)19/h2-6,8-9H,1H3. The van der Waals surface area contributed by atoms with E-state index in [1.54, 1.807) is 12.3 Å². The van der Waals surface area contributed by atoms with Crippen LogP contribution in [0.25, 0.3) is 22.6 Å². The molecule has 0 atom stereocenters. The van der Waals surface area contributed by atoms with Gasteiger partial charge in [0.25, 0.3) is 0 Å². The fourth-order valence-electron chi connectivity index (χ4n) is 2.10. The lowest BCUT2D eigenvalue weighted by Gasteiger charge is -2.07. The van der Waals surface area contributed by atoms with Gasteiger partial charge in [0.15, 0.2) is 5.82 Å². The van der Waals surface area contributed by atoms with Crippen molar-refractivity contribution >= 4 is 11.6 Å². The van der Waals surface area contributed by atoms with Gasteiger partial charge >= 0.3 is 0 Å². The first-order valence-corrected chi connectivity index (χ1v) is 7.11. The van der Waals surface area contributed by atoms with Gasteiger partial charge in [0, 0.05) is 11.8 Å². The minimum atomic E-state index is -0.618. The average molecular weight is 325 g/mol. The highest BCUT2D eigenvalue weighted by molar-refractivity contribution is 6.31. The highest BCUT2D eigenvalue weighted by Crippen LogP contribution is 2.29. The van der Waals surface area contributed by atoms with Gasteiger partial charge in [-0.1, -0.05) is 17.7 Å². The van der Waals surface area contributed by atoms with Gasteiger partial charge in [-0.05, 0) is 36.8 Å². The lowest BCUT2D eigenvalue weighted by molar-refractivity contribution is 0.631. The number of aryl methyl sites for hydroxylation is 1. The number of nitriles is 1. The zero-order valence-corrected chi connectivity index (χ0v) is 12.8. The first kappa shape index (κ1) is 15.1. The molecule has 0 unspecified atom stereocenters. The first-order chi connectivity index (χ1) is 11.1. The summed E-state index contributed by atoms with van der Waals surface area (Å²) in [6, 6.07) is 10.0. The average Bonchev–Trinajstić information content (AvgIpc) is 2.58. The largest absolute Gasteiger partial charge is 0.254 e. The van der Waals surface area contributed by atoms with Crippen LogP contribution in [0, 0.1) is 24.1 Å². The van der Waals surface area contributed by atoms with Gasteiger partial charge in [0.05, 0.1) is 33.7 Å². The molecule has 0 N–H and O–H groups in total. The smallest absolute Gasteiger partial charge is 0.151 e. The molecule has 0 saturated heterocycles. The van der Waals surface area contributed by atoms with Gasteiger partial charge in [-0.15, -0.1) is 0 Å². The number of hydrogen-bond acceptors (Lipinski definition) is 4. The van der Waals surface area contributed by atoms with Crippen LogP contribution < -0.4 is 0 Å². The summed E-state index contributed by atoms with van der Waals surface area (Å²) < 4.78 is 14.3. The predicted octanol–water partition coefficient (Wildman–Crippen LogP) is 4.18. The van der Waals surface area contributed by atoms with Crippen molar-refractivity contribution in [2.24, 2.45) is 0 Å². The molecule has 4 nitrogen and oxygen atoms in total. The summed E-state index contributed by atoms with van der Waals surface area (Å²) in [4.78, 5) is 12.5. The van der Waals surface area contributed by atoms with E-state index in [9.17, 15) is 4.39 Å². The molecule has 23 heavy (non-hydrogen) atoms. The van der Waals surface area contributed by atoms with Gasteiger partial charge in [-0.3, -0.25) is 4.98 Å². The molecule has 0 aliphatic carbocycles. The van der Waals surface area contributed by atoms with Crippen LogP contribution in [0.3, 0.4) is 0 Å². The Balaban J connectivity index is 2.12. The lowest BCUT2D eigenvalue weighted by Crippen LogP contribution is -1.95. The quantitative estimate of drug-likeness (QED) is 0.709. The number of aromatic nitrogens is 3. The Hall–Kier alpha value is -2.84. The van der Waals surface area contributed by atoms with E-state index in [0.717, 1.165) is 5.56 Å². The second kappa shape index (κ2) is 6.11. The van der Waals surface area contributed by atoms with Crippen LogP contribution in [0.4, 0.5) is 4.39 Å². The Kier molecular flexibility index (Phi) is 4.00. The zero-order valence-electron chi connectivity index (χ0n) is 12.1. The Morgan fingerprint density at radius 3 is 2.52 bits per heavy atom. The van der Waals surface area contributed by atoms with Gasteiger partial charge in [-0.25, -0.2) is 14.4 Å². The molecule has 0 bridgehead atoms. The molecule has 2 aromatic heterocycles. The van der Waals surface area contributed by atoms with Crippen LogP contribution in [0.2, 0.25) is 5.02 Å². The summed E-state index contributed by atoms with van der Waals surface area (Å²) in [6.07, 6.45) is 3.06. The fraction of sp³-hybridized carbons (Fsp3) is 0.0588. The minimum absolute atomic E-state index is 0.118. The van der Waals surface area contributed by atoms with Crippen molar-refractivity contribution in [1.82, 2.24) is 15.0 Å². The Morgan fingerprint density at radius 2 is 1.83 bits per heavy atom. The lowest BCUT2D eigenvalue weighted by atomic mass is 10.1. The molecule has 0 spiro atoms. The number of halogens is 2. The van der Waals surface area contributed by atoms with Crippen molar-refractivity contribution in [2.75, 3.05) is 0 Å². The first-order valence-electron chi connectivity index (χ1n) is 6.73. The van der Waals surface area contributed by atoms with E-state index < -0.39 is 5.82 Å². The molecule has 1 aromatic carbocycles. The van der Waals surface area contributed by atoms with Crippen LogP contribution in [0.1, 0.15) is 11.1 Å². The SMILES string of the molecule is Cc1ccc(-c2cc(-c3cc(C#N)cc(Cl)c3F)ncn2)nc1. The van der Waals surface area contributed by atoms with Crippen molar-refractivity contribution in [1.29, 1.82) is 5.26 Å². The third-order valence-corrected chi connectivity index (χ3v) is 3.55. The van der Waals surface area contributed by atoms with E-state index in [1.807, 2.05) is 25.1 Å². The molecule has 3 aromatic rings. The summed E-state index contributed by atoms with van der Waals surface area (Å²) in [5.74, 6) is -0.618. The van der Waals surface area contributed by atoms with Crippen LogP contribution in [0.5, 0.6) is 0 Å². The van der Waals surface area contributed by atoms with Crippen molar-refractivity contribution in [3.8, 4) is 28.7 Å². The monoisotopic (exact) mass is 324 g/mol. The zero-order chi connectivity index (χ0) is 16.4. The second-order valence-corrected chi connectivity index (χ2v) is 5.35. The van der Waals surface area contributed by atoms with Crippen molar-refractivity contribution in [3.05, 3.63) is 64.8 Å². The number of nitrogens with zero attached hydrogens (tertiary/aromatic N) is 4. The number of pyridine rings is 1. The predicted molar refractivity (Wildman–Crippen MR) is 85.1 cm³/mol. The molecule has 2 heterocycles. The van der Waals surface area contributed by atoms with Crippen molar-refractivity contribution in [2.45, 2.75) is 6.92 Å². The molecule has 0 radical (unpaired) electrons. The van der Waals surface area contributed by atoms with E-state index in [4.69, 9.17) is 16.9 Å². The summed E-state index contributed by atoms with van der Waals surface area (Å²) in [5, 5.41) is 8.89. The van der Waals surface area contributed by atoms with E-state index in [1.165, 1.54) is 18.5 Å². The second-order valence-electron chi connectivity index (χ2n) is 4.94. The molecular formula is C17H10ClFN4. The number of rotatable bonds is 2. The van der Waals surface area contributed by atoms with E-state index in [-0.39, 0.29) is 16.1 Å². The van der Waals surface area contributed by atoms with Gasteiger partial charge in [-0.2, -0.15) is 5.26 Å². The van der Waals surface area contributed by atoms with Crippen molar-refractivity contribution < 1.29 is 4.39 Å². The highest BCUT2D eigenvalue weighted by Gasteiger charge is 2.14. The van der Waals surface area contributed by atoms with E-state index in [2.05, 4.69) is 15.0 Å². The molecule has 3 rings (SSSR count). The Morgan fingerprint density at radius 1 is 1.04 bits per heavy atom. The number of hydrogen-bond donors (Lipinski definition) is 0. The Bertz CT molecular complexity index is 917. The maximum atomic E-state index is 14.3. The van der Waals surface area contributed by atoms with Gasteiger partial charge < -0.3 is 0 Å². The molecule has 0 amide bonds. The normalized spacial score (nSPS) is 10.3. The third-order valence-electron chi connectivity index (χ3n) is 3.27. The molecule has 0 aliphatic rings. The minimum Gasteiger partial charge on any atom is -0.254 e. The molecule has 0 fully saturated rings. The summed E-state index contributed by atoms with van der Waals surface area (Å²) in [7, 11) is 0. The van der Waals surface area contributed by atoms with E-state index >= 15 is 0 Å². The van der Waals surface area contributed by atoms with E-state index in [0.29, 0.717) is 17.1 Å². The van der Waals surface area contributed by atoms with Gasteiger partial charge in [0.2, 0.25) is 0 Å². The maximum absolute atomic E-state index is 14.3. The van der Waals surface area contributed by atoms with Gasteiger partial charge in [0.1, 0.15) is 6.33 Å². The third kappa shape index (κ3) is 3.03. The molecule has 112 valence electrons. The van der Waals surface area contributed by atoms with Crippen LogP contribution in [0.15, 0.2) is 42.9 Å². The maximum Gasteiger partial charge on any atom is 0.151 e. The van der Waals surface area contributed by atoms with Crippen LogP contribution >= 0.6 is 11.6 Å².